The van der Waals surface area contributed by atoms with Gasteiger partial charge in [0.15, 0.2) is 16.7 Å². The Hall–Kier alpha value is -1.66. The van der Waals surface area contributed by atoms with Crippen molar-refractivity contribution in [1.82, 2.24) is 4.98 Å². The van der Waals surface area contributed by atoms with Gasteiger partial charge in [0.25, 0.3) is 0 Å². The number of nitrogens with two attached hydrogens (primary N) is 1. The summed E-state index contributed by atoms with van der Waals surface area (Å²) in [4.78, 5) is 4.16. The number of anilines is 1. The summed E-state index contributed by atoms with van der Waals surface area (Å²) in [6, 6.07) is 11.2. The van der Waals surface area contributed by atoms with E-state index in [-0.39, 0.29) is 5.11 Å². The van der Waals surface area contributed by atoms with Gasteiger partial charge in [-0.2, -0.15) is 0 Å². The van der Waals surface area contributed by atoms with Gasteiger partial charge in [-0.25, -0.2) is 4.98 Å². The zero-order valence-electron chi connectivity index (χ0n) is 9.26. The van der Waals surface area contributed by atoms with Crippen molar-refractivity contribution >= 4 is 39.1 Å². The number of hydrogen-bond acceptors (Lipinski definition) is 3. The standard InChI is InChI=1S/C12H10BrN3OS/c13-8-6-10(11(15-7-8)16-12(14)18)17-9-4-2-1-3-5-9/h1-7H,(H3,14,15,16,18). The van der Waals surface area contributed by atoms with E-state index in [1.165, 1.54) is 0 Å². The third-order valence-corrected chi connectivity index (χ3v) is 2.57. The Morgan fingerprint density at radius 3 is 2.72 bits per heavy atom. The van der Waals surface area contributed by atoms with Gasteiger partial charge in [0, 0.05) is 16.7 Å². The Kier molecular flexibility index (Phi) is 4.11. The molecule has 0 spiro atoms. The fraction of sp³-hybridized carbons (Fsp3) is 0. The van der Waals surface area contributed by atoms with E-state index in [1.54, 1.807) is 12.3 Å². The Labute approximate surface area is 118 Å². The van der Waals surface area contributed by atoms with E-state index in [0.29, 0.717) is 17.3 Å². The highest BCUT2D eigenvalue weighted by molar-refractivity contribution is 9.10. The summed E-state index contributed by atoms with van der Waals surface area (Å²) in [6.07, 6.45) is 1.64. The molecule has 18 heavy (non-hydrogen) atoms. The van der Waals surface area contributed by atoms with Gasteiger partial charge < -0.3 is 15.8 Å². The number of thiocarbonyl (C=S) groups is 1. The van der Waals surface area contributed by atoms with Gasteiger partial charge in [-0.15, -0.1) is 0 Å². The average molecular weight is 324 g/mol. The molecular formula is C12H10BrN3OS. The number of halogens is 1. The first kappa shape index (κ1) is 12.8. The van der Waals surface area contributed by atoms with Crippen LogP contribution in [0.4, 0.5) is 5.82 Å². The van der Waals surface area contributed by atoms with E-state index >= 15 is 0 Å². The van der Waals surface area contributed by atoms with Gasteiger partial charge in [0.05, 0.1) is 0 Å². The second-order valence-electron chi connectivity index (χ2n) is 3.40. The largest absolute Gasteiger partial charge is 0.453 e. The van der Waals surface area contributed by atoms with E-state index in [4.69, 9.17) is 22.7 Å². The number of rotatable bonds is 3. The maximum absolute atomic E-state index is 5.72. The lowest BCUT2D eigenvalue weighted by Gasteiger charge is -2.11. The minimum Gasteiger partial charge on any atom is -0.453 e. The number of para-hydroxylation sites is 1. The lowest BCUT2D eigenvalue weighted by Crippen LogP contribution is -2.20. The van der Waals surface area contributed by atoms with Crippen molar-refractivity contribution in [3.8, 4) is 11.5 Å². The fourth-order valence-corrected chi connectivity index (χ4v) is 1.73. The predicted molar refractivity (Wildman–Crippen MR) is 78.9 cm³/mol. The van der Waals surface area contributed by atoms with Gasteiger partial charge in [-0.05, 0) is 40.3 Å². The molecule has 2 rings (SSSR count). The average Bonchev–Trinajstić information content (AvgIpc) is 2.33. The molecule has 0 aliphatic heterocycles. The van der Waals surface area contributed by atoms with E-state index < -0.39 is 0 Å². The first-order valence-corrected chi connectivity index (χ1v) is 6.30. The van der Waals surface area contributed by atoms with Gasteiger partial charge in [-0.3, -0.25) is 0 Å². The molecule has 92 valence electrons. The third-order valence-electron chi connectivity index (χ3n) is 2.03. The summed E-state index contributed by atoms with van der Waals surface area (Å²) in [5.41, 5.74) is 5.44. The highest BCUT2D eigenvalue weighted by Crippen LogP contribution is 2.30. The summed E-state index contributed by atoms with van der Waals surface area (Å²) >= 11 is 8.14. The number of pyridine rings is 1. The molecule has 1 aromatic heterocycles. The van der Waals surface area contributed by atoms with Crippen LogP contribution in [0.2, 0.25) is 0 Å². The molecule has 0 unspecified atom stereocenters. The lowest BCUT2D eigenvalue weighted by atomic mass is 10.3. The quantitative estimate of drug-likeness (QED) is 0.849. The van der Waals surface area contributed by atoms with Crippen LogP contribution in [0.15, 0.2) is 47.1 Å². The molecule has 0 saturated carbocycles. The highest BCUT2D eigenvalue weighted by Gasteiger charge is 2.08. The van der Waals surface area contributed by atoms with Crippen LogP contribution < -0.4 is 15.8 Å². The summed E-state index contributed by atoms with van der Waals surface area (Å²) in [5.74, 6) is 1.74. The molecule has 3 N–H and O–H groups in total. The first-order chi connectivity index (χ1) is 8.65. The van der Waals surface area contributed by atoms with Crippen LogP contribution in [-0.4, -0.2) is 10.1 Å². The number of ether oxygens (including phenoxy) is 1. The van der Waals surface area contributed by atoms with Crippen LogP contribution in [0.1, 0.15) is 0 Å². The topological polar surface area (TPSA) is 60.2 Å². The Balaban J connectivity index is 2.30. The molecular weight excluding hydrogens is 314 g/mol. The molecule has 0 aliphatic rings. The predicted octanol–water partition coefficient (Wildman–Crippen LogP) is 3.29. The third kappa shape index (κ3) is 3.41. The normalized spacial score (nSPS) is 9.83. The van der Waals surface area contributed by atoms with Gasteiger partial charge >= 0.3 is 0 Å². The van der Waals surface area contributed by atoms with Crippen molar-refractivity contribution < 1.29 is 4.74 Å². The Morgan fingerprint density at radius 2 is 2.06 bits per heavy atom. The minimum atomic E-state index is 0.141. The molecule has 1 heterocycles. The molecule has 0 amide bonds. The van der Waals surface area contributed by atoms with Gasteiger partial charge in [-0.1, -0.05) is 18.2 Å². The van der Waals surface area contributed by atoms with Crippen LogP contribution in [0.5, 0.6) is 11.5 Å². The van der Waals surface area contributed by atoms with E-state index in [0.717, 1.165) is 4.47 Å². The van der Waals surface area contributed by atoms with E-state index in [9.17, 15) is 0 Å². The van der Waals surface area contributed by atoms with E-state index in [1.807, 2.05) is 30.3 Å². The molecule has 0 radical (unpaired) electrons. The fourth-order valence-electron chi connectivity index (χ4n) is 1.32. The first-order valence-electron chi connectivity index (χ1n) is 5.10. The van der Waals surface area contributed by atoms with Crippen LogP contribution in [0.25, 0.3) is 0 Å². The maximum atomic E-state index is 5.72. The Bertz CT molecular complexity index is 563. The maximum Gasteiger partial charge on any atom is 0.175 e. The number of nitrogens with one attached hydrogen (secondary N) is 1. The Morgan fingerprint density at radius 1 is 1.33 bits per heavy atom. The second kappa shape index (κ2) is 5.79. The monoisotopic (exact) mass is 323 g/mol. The number of hydrogen-bond donors (Lipinski definition) is 2. The molecule has 1 aromatic carbocycles. The van der Waals surface area contributed by atoms with Gasteiger partial charge in [0.1, 0.15) is 5.75 Å². The second-order valence-corrected chi connectivity index (χ2v) is 4.76. The van der Waals surface area contributed by atoms with Crippen molar-refractivity contribution in [1.29, 1.82) is 0 Å². The van der Waals surface area contributed by atoms with Gasteiger partial charge in [0.2, 0.25) is 0 Å². The summed E-state index contributed by atoms with van der Waals surface area (Å²) in [6.45, 7) is 0. The van der Waals surface area contributed by atoms with Crippen LogP contribution >= 0.6 is 28.1 Å². The molecule has 0 saturated heterocycles. The molecule has 0 bridgehead atoms. The molecule has 0 aliphatic carbocycles. The molecule has 2 aromatic rings. The van der Waals surface area contributed by atoms with Crippen molar-refractivity contribution in [3.63, 3.8) is 0 Å². The molecule has 0 atom stereocenters. The van der Waals surface area contributed by atoms with Crippen molar-refractivity contribution in [2.24, 2.45) is 5.73 Å². The lowest BCUT2D eigenvalue weighted by molar-refractivity contribution is 0.482. The van der Waals surface area contributed by atoms with Crippen molar-refractivity contribution in [3.05, 3.63) is 47.1 Å². The molecule has 6 heteroatoms. The zero-order valence-corrected chi connectivity index (χ0v) is 11.7. The van der Waals surface area contributed by atoms with E-state index in [2.05, 4.69) is 26.2 Å². The molecule has 4 nitrogen and oxygen atoms in total. The summed E-state index contributed by atoms with van der Waals surface area (Å²) in [7, 11) is 0. The minimum absolute atomic E-state index is 0.141. The summed E-state index contributed by atoms with van der Waals surface area (Å²) < 4.78 is 6.53. The van der Waals surface area contributed by atoms with Crippen molar-refractivity contribution in [2.45, 2.75) is 0 Å². The number of nitrogens with zero attached hydrogens (tertiary/aromatic N) is 1. The van der Waals surface area contributed by atoms with Crippen molar-refractivity contribution in [2.75, 3.05) is 5.32 Å². The van der Waals surface area contributed by atoms with Crippen LogP contribution in [-0.2, 0) is 0 Å². The number of aromatic nitrogens is 1. The molecule has 0 fully saturated rings. The zero-order chi connectivity index (χ0) is 13.0. The number of benzene rings is 1. The SMILES string of the molecule is NC(=S)Nc1ncc(Br)cc1Oc1ccccc1. The smallest absolute Gasteiger partial charge is 0.175 e. The van der Waals surface area contributed by atoms with Crippen LogP contribution in [0.3, 0.4) is 0 Å². The van der Waals surface area contributed by atoms with Crippen LogP contribution in [0, 0.1) is 0 Å². The highest BCUT2D eigenvalue weighted by atomic mass is 79.9. The summed E-state index contributed by atoms with van der Waals surface area (Å²) in [5, 5.41) is 2.91.